The van der Waals surface area contributed by atoms with Gasteiger partial charge in [-0.1, -0.05) is 30.7 Å². The minimum atomic E-state index is -0.421. The Morgan fingerprint density at radius 2 is 1.82 bits per heavy atom. The highest BCUT2D eigenvalue weighted by molar-refractivity contribution is 6.49. The summed E-state index contributed by atoms with van der Waals surface area (Å²) in [6.45, 7) is 4.99. The van der Waals surface area contributed by atoms with Crippen LogP contribution in [0.25, 0.3) is 27.7 Å². The zero-order valence-corrected chi connectivity index (χ0v) is 21.2. The Morgan fingerprint density at radius 3 is 2.63 bits per heavy atom. The number of hydrogen-bond acceptors (Lipinski definition) is 5. The summed E-state index contributed by atoms with van der Waals surface area (Å²) in [7, 11) is 0. The number of aryl methyl sites for hydroxylation is 1. The highest BCUT2D eigenvalue weighted by Gasteiger charge is 2.37. The zero-order chi connectivity index (χ0) is 26.0. The van der Waals surface area contributed by atoms with Gasteiger partial charge in [0.25, 0.3) is 11.8 Å². The van der Waals surface area contributed by atoms with E-state index in [-0.39, 0.29) is 6.17 Å². The Morgan fingerprint density at radius 1 is 1.00 bits per heavy atom. The van der Waals surface area contributed by atoms with E-state index >= 15 is 0 Å². The van der Waals surface area contributed by atoms with Crippen molar-refractivity contribution in [3.63, 3.8) is 0 Å². The highest BCUT2D eigenvalue weighted by atomic mass is 16.2. The molecule has 1 aromatic carbocycles. The van der Waals surface area contributed by atoms with Crippen LogP contribution in [0.4, 0.5) is 0 Å². The van der Waals surface area contributed by atoms with E-state index in [1.54, 1.807) is 6.20 Å². The largest absolute Gasteiger partial charge is 0.343 e. The van der Waals surface area contributed by atoms with Gasteiger partial charge >= 0.3 is 0 Å². The maximum atomic E-state index is 13.3. The van der Waals surface area contributed by atoms with Gasteiger partial charge in [-0.15, -0.1) is 0 Å². The maximum absolute atomic E-state index is 13.3. The fraction of sp³-hybridized carbons (Fsp3) is 0.310. The number of para-hydroxylation sites is 1. The topological polar surface area (TPSA) is 91.9 Å². The monoisotopic (exact) mass is 508 g/mol. The Kier molecular flexibility index (Phi) is 5.23. The first-order valence-electron chi connectivity index (χ1n) is 13.1. The first kappa shape index (κ1) is 22.9. The molecule has 3 aromatic heterocycles. The fourth-order valence-electron chi connectivity index (χ4n) is 6.37. The lowest BCUT2D eigenvalue weighted by Gasteiger charge is -2.39. The molecule has 0 radical (unpaired) electrons. The van der Waals surface area contributed by atoms with Gasteiger partial charge < -0.3 is 9.47 Å². The minimum Gasteiger partial charge on any atom is -0.343 e. The van der Waals surface area contributed by atoms with E-state index in [0.29, 0.717) is 35.6 Å². The standard InChI is InChI=1S/C29H28N6O3/c1-18-8-9-23-30-12-22(35(23)13-18)26-25(28(37)31-29(26)38)21-15-33-16-24(32-10-3-2-4-11-32)34(17-36)14-19-6-5-7-20(21)27(19)33/h5-9,12-13,15,17,24H,2-4,10-11,14,16H2,1H3,(H,31,37,38). The quantitative estimate of drug-likeness (QED) is 0.338. The number of carbonyl (C=O) groups excluding carboxylic acids is 3. The molecule has 1 saturated heterocycles. The van der Waals surface area contributed by atoms with Crippen LogP contribution in [0, 0.1) is 6.92 Å². The molecule has 38 heavy (non-hydrogen) atoms. The molecule has 0 bridgehead atoms. The van der Waals surface area contributed by atoms with E-state index < -0.39 is 11.8 Å². The van der Waals surface area contributed by atoms with Crippen LogP contribution in [0.2, 0.25) is 0 Å². The van der Waals surface area contributed by atoms with E-state index in [2.05, 4.69) is 19.8 Å². The number of nitrogens with one attached hydrogen (secondary N) is 1. The molecule has 4 aromatic rings. The lowest BCUT2D eigenvalue weighted by molar-refractivity contribution is -0.126. The number of likely N-dealkylation sites (tertiary alicyclic amines) is 1. The molecule has 3 aliphatic rings. The molecule has 9 heteroatoms. The summed E-state index contributed by atoms with van der Waals surface area (Å²) < 4.78 is 4.03. The van der Waals surface area contributed by atoms with E-state index in [1.165, 1.54) is 6.42 Å². The van der Waals surface area contributed by atoms with Crippen molar-refractivity contribution in [2.45, 2.75) is 45.4 Å². The lowest BCUT2D eigenvalue weighted by atomic mass is 9.98. The van der Waals surface area contributed by atoms with Crippen LogP contribution >= 0.6 is 0 Å². The number of imidazole rings is 1. The number of fused-ring (bicyclic) bond motifs is 1. The van der Waals surface area contributed by atoms with Gasteiger partial charge in [-0.25, -0.2) is 4.98 Å². The third-order valence-electron chi connectivity index (χ3n) is 8.14. The second kappa shape index (κ2) is 8.66. The summed E-state index contributed by atoms with van der Waals surface area (Å²) in [6.07, 6.45) is 9.92. The van der Waals surface area contributed by atoms with Gasteiger partial charge in [0.15, 0.2) is 0 Å². The van der Waals surface area contributed by atoms with Crippen molar-refractivity contribution in [2.75, 3.05) is 13.1 Å². The fourth-order valence-corrected chi connectivity index (χ4v) is 6.37. The van der Waals surface area contributed by atoms with Crippen molar-refractivity contribution in [3.8, 4) is 0 Å². The predicted molar refractivity (Wildman–Crippen MR) is 143 cm³/mol. The normalized spacial score (nSPS) is 20.4. The number of rotatable bonds is 4. The van der Waals surface area contributed by atoms with E-state index in [4.69, 9.17) is 0 Å². The van der Waals surface area contributed by atoms with E-state index in [0.717, 1.165) is 59.9 Å². The molecule has 0 spiro atoms. The molecule has 7 rings (SSSR count). The number of benzene rings is 1. The Hall–Kier alpha value is -4.24. The van der Waals surface area contributed by atoms with Crippen LogP contribution in [0.15, 0.2) is 48.9 Å². The first-order valence-corrected chi connectivity index (χ1v) is 13.1. The van der Waals surface area contributed by atoms with Gasteiger partial charge in [0.05, 0.1) is 35.1 Å². The molecule has 0 saturated carbocycles. The Balaban J connectivity index is 1.43. The summed E-state index contributed by atoms with van der Waals surface area (Å²) >= 11 is 0. The Labute approximate surface area is 219 Å². The van der Waals surface area contributed by atoms with Crippen molar-refractivity contribution in [3.05, 3.63) is 71.3 Å². The van der Waals surface area contributed by atoms with Crippen LogP contribution in [0.1, 0.15) is 41.6 Å². The summed E-state index contributed by atoms with van der Waals surface area (Å²) in [4.78, 5) is 47.5. The summed E-state index contributed by atoms with van der Waals surface area (Å²) in [6, 6.07) is 9.87. The van der Waals surface area contributed by atoms with Gasteiger partial charge in [0.1, 0.15) is 11.8 Å². The SMILES string of the molecule is Cc1ccc2ncc(C3=C(c4cn5c6c(cccc46)CN(C=O)C(N4CCCCC4)C5)C(=O)NC3=O)n2c1. The third-order valence-corrected chi connectivity index (χ3v) is 8.14. The van der Waals surface area contributed by atoms with Crippen molar-refractivity contribution in [1.29, 1.82) is 0 Å². The molecule has 1 unspecified atom stereocenters. The molecule has 0 aliphatic carbocycles. The summed E-state index contributed by atoms with van der Waals surface area (Å²) in [5, 5.41) is 3.43. The van der Waals surface area contributed by atoms with Gasteiger partial charge in [-0.2, -0.15) is 0 Å². The average molecular weight is 509 g/mol. The zero-order valence-electron chi connectivity index (χ0n) is 21.2. The molecular formula is C29H28N6O3. The summed E-state index contributed by atoms with van der Waals surface area (Å²) in [5.41, 5.74) is 5.76. The number of amides is 3. The van der Waals surface area contributed by atoms with Crippen molar-refractivity contribution < 1.29 is 14.4 Å². The van der Waals surface area contributed by atoms with Crippen LogP contribution in [0.3, 0.4) is 0 Å². The molecule has 1 fully saturated rings. The maximum Gasteiger partial charge on any atom is 0.261 e. The van der Waals surface area contributed by atoms with Crippen LogP contribution in [-0.2, 0) is 27.5 Å². The molecule has 1 atom stereocenters. The number of imide groups is 1. The van der Waals surface area contributed by atoms with E-state index in [1.807, 2.05) is 58.9 Å². The van der Waals surface area contributed by atoms with Gasteiger partial charge in [-0.3, -0.25) is 29.0 Å². The number of nitrogens with zero attached hydrogens (tertiary/aromatic N) is 5. The lowest BCUT2D eigenvalue weighted by Crippen LogP contribution is -2.50. The van der Waals surface area contributed by atoms with Crippen molar-refractivity contribution in [1.82, 2.24) is 29.1 Å². The van der Waals surface area contributed by atoms with Gasteiger partial charge in [0.2, 0.25) is 6.41 Å². The second-order valence-electron chi connectivity index (χ2n) is 10.5. The third kappa shape index (κ3) is 3.42. The number of hydrogen-bond donors (Lipinski definition) is 1. The van der Waals surface area contributed by atoms with Gasteiger partial charge in [0, 0.05) is 43.0 Å². The second-order valence-corrected chi connectivity index (χ2v) is 10.5. The number of aromatic nitrogens is 3. The van der Waals surface area contributed by atoms with Crippen LogP contribution < -0.4 is 5.32 Å². The van der Waals surface area contributed by atoms with Crippen LogP contribution in [-0.4, -0.2) is 61.2 Å². The molecule has 192 valence electrons. The predicted octanol–water partition coefficient (Wildman–Crippen LogP) is 2.95. The molecule has 3 amide bonds. The van der Waals surface area contributed by atoms with E-state index in [9.17, 15) is 14.4 Å². The van der Waals surface area contributed by atoms with Crippen molar-refractivity contribution >= 4 is 45.9 Å². The van der Waals surface area contributed by atoms with Gasteiger partial charge in [-0.05, 0) is 37.0 Å². The highest BCUT2D eigenvalue weighted by Crippen LogP contribution is 2.38. The average Bonchev–Trinajstić information content (AvgIpc) is 3.55. The molecule has 1 N–H and O–H groups in total. The smallest absolute Gasteiger partial charge is 0.261 e. The summed E-state index contributed by atoms with van der Waals surface area (Å²) in [5.74, 6) is -0.827. The number of piperidine rings is 1. The first-order chi connectivity index (χ1) is 18.5. The Bertz CT molecular complexity index is 1670. The number of pyridine rings is 1. The number of carbonyl (C=O) groups is 3. The molecular weight excluding hydrogens is 480 g/mol. The van der Waals surface area contributed by atoms with Crippen molar-refractivity contribution in [2.24, 2.45) is 0 Å². The molecule has 6 heterocycles. The molecule has 3 aliphatic heterocycles. The molecule has 9 nitrogen and oxygen atoms in total. The van der Waals surface area contributed by atoms with Crippen LogP contribution in [0.5, 0.6) is 0 Å². The minimum absolute atomic E-state index is 0.0714.